The lowest BCUT2D eigenvalue weighted by atomic mass is 10.0. The smallest absolute Gasteiger partial charge is 0.271 e. The molecule has 1 aromatic heterocycles. The van der Waals surface area contributed by atoms with Gasteiger partial charge in [-0.3, -0.25) is 9.59 Å². The number of ether oxygens (including phenoxy) is 1. The number of rotatable bonds is 6. The van der Waals surface area contributed by atoms with Gasteiger partial charge >= 0.3 is 0 Å². The number of hydrogen-bond acceptors (Lipinski definition) is 5. The summed E-state index contributed by atoms with van der Waals surface area (Å²) < 4.78 is 11.4. The number of nitrogens with zero attached hydrogens (tertiary/aromatic N) is 1. The molecule has 5 rings (SSSR count). The van der Waals surface area contributed by atoms with Crippen LogP contribution in [0.5, 0.6) is 5.75 Å². The molecule has 0 saturated carbocycles. The first kappa shape index (κ1) is 22.2. The molecule has 174 valence electrons. The second-order valence-electron chi connectivity index (χ2n) is 8.19. The molecule has 0 aliphatic carbocycles. The van der Waals surface area contributed by atoms with Gasteiger partial charge in [0.15, 0.2) is 0 Å². The molecule has 0 unspecified atom stereocenters. The Labute approximate surface area is 201 Å². The number of para-hydroxylation sites is 1. The van der Waals surface area contributed by atoms with Gasteiger partial charge in [0.05, 0.1) is 19.2 Å². The van der Waals surface area contributed by atoms with Crippen LogP contribution in [0.4, 0.5) is 5.69 Å². The first-order valence-corrected chi connectivity index (χ1v) is 11.1. The quantitative estimate of drug-likeness (QED) is 0.242. The van der Waals surface area contributed by atoms with Crippen molar-refractivity contribution in [2.75, 3.05) is 12.4 Å². The molecule has 0 atom stereocenters. The normalized spacial score (nSPS) is 11.7. The van der Waals surface area contributed by atoms with Crippen molar-refractivity contribution in [3.63, 3.8) is 0 Å². The lowest BCUT2D eigenvalue weighted by Crippen LogP contribution is -2.21. The van der Waals surface area contributed by atoms with Gasteiger partial charge < -0.3 is 14.5 Å². The van der Waals surface area contributed by atoms with Crippen molar-refractivity contribution in [3.8, 4) is 5.75 Å². The van der Waals surface area contributed by atoms with E-state index in [1.807, 2.05) is 66.7 Å². The van der Waals surface area contributed by atoms with E-state index in [4.69, 9.17) is 9.15 Å². The molecule has 2 amide bonds. The number of carbonyl (C=O) groups excluding carboxylic acids is 2. The topological polar surface area (TPSA) is 92.9 Å². The number of amides is 2. The van der Waals surface area contributed by atoms with E-state index in [9.17, 15) is 9.59 Å². The molecule has 0 radical (unpaired) electrons. The van der Waals surface area contributed by atoms with Gasteiger partial charge in [-0.25, -0.2) is 5.43 Å². The van der Waals surface area contributed by atoms with Crippen molar-refractivity contribution in [2.24, 2.45) is 5.10 Å². The second-order valence-corrected chi connectivity index (χ2v) is 8.19. The molecule has 7 nitrogen and oxygen atoms in total. The number of furan rings is 1. The maximum Gasteiger partial charge on any atom is 0.271 e. The number of carbonyl (C=O) groups is 2. The number of methoxy groups -OCH3 is 1. The van der Waals surface area contributed by atoms with Gasteiger partial charge in [0.25, 0.3) is 5.91 Å². The zero-order valence-corrected chi connectivity index (χ0v) is 19.3. The largest absolute Gasteiger partial charge is 0.495 e. The van der Waals surface area contributed by atoms with Crippen LogP contribution >= 0.6 is 0 Å². The van der Waals surface area contributed by atoms with E-state index in [2.05, 4.69) is 15.8 Å². The highest BCUT2D eigenvalue weighted by Crippen LogP contribution is 2.36. The monoisotopic (exact) mass is 465 g/mol. The highest BCUT2D eigenvalue weighted by molar-refractivity contribution is 6.11. The molecule has 0 fully saturated rings. The first-order chi connectivity index (χ1) is 17.0. The number of benzene rings is 4. The molecule has 7 heteroatoms. The molecule has 4 aromatic carbocycles. The van der Waals surface area contributed by atoms with Crippen molar-refractivity contribution in [2.45, 2.75) is 13.3 Å². The van der Waals surface area contributed by atoms with E-state index in [1.54, 1.807) is 26.2 Å². The number of hydrogen-bond donors (Lipinski definition) is 2. The summed E-state index contributed by atoms with van der Waals surface area (Å²) in [5, 5.41) is 10.7. The van der Waals surface area contributed by atoms with Gasteiger partial charge in [0.1, 0.15) is 16.9 Å². The fourth-order valence-corrected chi connectivity index (χ4v) is 4.11. The van der Waals surface area contributed by atoms with Crippen molar-refractivity contribution in [1.29, 1.82) is 0 Å². The Balaban J connectivity index is 1.29. The van der Waals surface area contributed by atoms with E-state index in [-0.39, 0.29) is 18.2 Å². The molecule has 5 aromatic rings. The van der Waals surface area contributed by atoms with Crippen LogP contribution in [0.15, 0.2) is 88.4 Å². The summed E-state index contributed by atoms with van der Waals surface area (Å²) in [5.74, 6) is -0.103. The van der Waals surface area contributed by atoms with Crippen molar-refractivity contribution in [3.05, 3.63) is 84.4 Å². The van der Waals surface area contributed by atoms with Crippen LogP contribution in [-0.2, 0) is 4.79 Å². The van der Waals surface area contributed by atoms with Crippen molar-refractivity contribution < 1.29 is 18.7 Å². The number of nitrogens with one attached hydrogen (secondary N) is 2. The van der Waals surface area contributed by atoms with E-state index < -0.39 is 0 Å². The molecule has 1 heterocycles. The summed E-state index contributed by atoms with van der Waals surface area (Å²) in [7, 11) is 1.55. The SMILES string of the molecule is COc1cc2c(cc1NC(=O)C/C(C)=N/NC(=O)c1cccc3ccccc13)oc1ccccc12. The van der Waals surface area contributed by atoms with Gasteiger partial charge in [0, 0.05) is 28.1 Å². The zero-order chi connectivity index (χ0) is 24.4. The Bertz CT molecular complexity index is 1610. The van der Waals surface area contributed by atoms with Crippen LogP contribution in [0.25, 0.3) is 32.7 Å². The summed E-state index contributed by atoms with van der Waals surface area (Å²) in [6, 6.07) is 24.5. The molecular weight excluding hydrogens is 442 g/mol. The van der Waals surface area contributed by atoms with Crippen LogP contribution in [0, 0.1) is 0 Å². The predicted molar refractivity (Wildman–Crippen MR) is 138 cm³/mol. The third-order valence-electron chi connectivity index (χ3n) is 5.77. The Hall–Kier alpha value is -4.65. The molecule has 0 saturated heterocycles. The van der Waals surface area contributed by atoms with Crippen LogP contribution in [0.3, 0.4) is 0 Å². The van der Waals surface area contributed by atoms with Gasteiger partial charge in [0.2, 0.25) is 5.91 Å². The molecule has 2 N–H and O–H groups in total. The van der Waals surface area contributed by atoms with E-state index in [1.165, 1.54) is 0 Å². The van der Waals surface area contributed by atoms with Crippen molar-refractivity contribution in [1.82, 2.24) is 5.43 Å². The minimum atomic E-state index is -0.335. The molecular formula is C28H23N3O4. The zero-order valence-electron chi connectivity index (χ0n) is 19.3. The second kappa shape index (κ2) is 9.30. The number of fused-ring (bicyclic) bond motifs is 4. The maximum absolute atomic E-state index is 12.7. The number of anilines is 1. The fraction of sp³-hybridized carbons (Fsp3) is 0.107. The summed E-state index contributed by atoms with van der Waals surface area (Å²) in [5.41, 5.74) is 5.44. The van der Waals surface area contributed by atoms with E-state index in [0.29, 0.717) is 28.3 Å². The standard InChI is InChI=1S/C28H23N3O4/c1-17(30-31-28(33)21-12-7-9-18-8-3-4-10-19(18)21)14-27(32)29-23-16-25-22(15-26(23)34-2)20-11-5-6-13-24(20)35-25/h3-13,15-16H,14H2,1-2H3,(H,29,32)(H,31,33)/b30-17+. The van der Waals surface area contributed by atoms with Gasteiger partial charge in [-0.1, -0.05) is 54.6 Å². The minimum absolute atomic E-state index is 0.00284. The van der Waals surface area contributed by atoms with Crippen LogP contribution < -0.4 is 15.5 Å². The molecule has 35 heavy (non-hydrogen) atoms. The first-order valence-electron chi connectivity index (χ1n) is 11.1. The lowest BCUT2D eigenvalue weighted by molar-refractivity contribution is -0.115. The van der Waals surface area contributed by atoms with E-state index in [0.717, 1.165) is 27.1 Å². The van der Waals surface area contributed by atoms with Gasteiger partial charge in [-0.2, -0.15) is 5.10 Å². The fourth-order valence-electron chi connectivity index (χ4n) is 4.11. The Morgan fingerprint density at radius 2 is 1.63 bits per heavy atom. The Kier molecular flexibility index (Phi) is 5.89. The third-order valence-corrected chi connectivity index (χ3v) is 5.77. The van der Waals surface area contributed by atoms with Crippen LogP contribution in [0.1, 0.15) is 23.7 Å². The van der Waals surface area contributed by atoms with Gasteiger partial charge in [-0.05, 0) is 35.9 Å². The molecule has 0 aliphatic rings. The average molecular weight is 466 g/mol. The predicted octanol–water partition coefficient (Wildman–Crippen LogP) is 5.88. The minimum Gasteiger partial charge on any atom is -0.495 e. The number of hydrazone groups is 1. The van der Waals surface area contributed by atoms with Gasteiger partial charge in [-0.15, -0.1) is 0 Å². The Morgan fingerprint density at radius 3 is 2.46 bits per heavy atom. The highest BCUT2D eigenvalue weighted by Gasteiger charge is 2.15. The summed E-state index contributed by atoms with van der Waals surface area (Å²) in [6.45, 7) is 1.68. The van der Waals surface area contributed by atoms with Crippen LogP contribution in [-0.4, -0.2) is 24.6 Å². The lowest BCUT2D eigenvalue weighted by Gasteiger charge is -2.10. The third kappa shape index (κ3) is 4.44. The Morgan fingerprint density at radius 1 is 0.886 bits per heavy atom. The summed E-state index contributed by atoms with van der Waals surface area (Å²) >= 11 is 0. The van der Waals surface area contributed by atoms with E-state index >= 15 is 0 Å². The molecule has 0 bridgehead atoms. The van der Waals surface area contributed by atoms with Crippen molar-refractivity contribution >= 4 is 55.9 Å². The highest BCUT2D eigenvalue weighted by atomic mass is 16.5. The maximum atomic E-state index is 12.7. The average Bonchev–Trinajstić information content (AvgIpc) is 3.23. The van der Waals surface area contributed by atoms with Crippen LogP contribution in [0.2, 0.25) is 0 Å². The molecule has 0 aliphatic heterocycles. The summed E-state index contributed by atoms with van der Waals surface area (Å²) in [6.07, 6.45) is -0.00284. The summed E-state index contributed by atoms with van der Waals surface area (Å²) in [4.78, 5) is 25.4. The molecule has 0 spiro atoms.